The van der Waals surface area contributed by atoms with Gasteiger partial charge in [-0.05, 0) is 48.2 Å². The molecule has 5 rings (SSSR count). The van der Waals surface area contributed by atoms with Gasteiger partial charge >= 0.3 is 0 Å². The molecule has 2 aliphatic rings. The molecule has 2 N–H and O–H groups in total. The highest BCUT2D eigenvalue weighted by Gasteiger charge is 2.34. The zero-order valence-corrected chi connectivity index (χ0v) is 21.3. The van der Waals surface area contributed by atoms with E-state index in [9.17, 15) is 14.4 Å². The number of likely N-dealkylation sites (N-methyl/N-ethyl adjacent to an activating group) is 1. The number of fused-ring (bicyclic) bond motifs is 5. The van der Waals surface area contributed by atoms with Crippen LogP contribution in [0.1, 0.15) is 34.3 Å². The van der Waals surface area contributed by atoms with Gasteiger partial charge in [0.05, 0.1) is 37.1 Å². The van der Waals surface area contributed by atoms with Crippen molar-refractivity contribution in [1.82, 2.24) is 25.3 Å². The van der Waals surface area contributed by atoms with Crippen molar-refractivity contribution in [3.63, 3.8) is 0 Å². The van der Waals surface area contributed by atoms with Crippen molar-refractivity contribution in [2.45, 2.75) is 38.0 Å². The van der Waals surface area contributed by atoms with Gasteiger partial charge in [0.2, 0.25) is 11.8 Å². The number of aryl methyl sites for hydroxylation is 1. The molecule has 10 nitrogen and oxygen atoms in total. The van der Waals surface area contributed by atoms with E-state index in [0.29, 0.717) is 43.1 Å². The molecule has 3 amide bonds. The first-order valence-corrected chi connectivity index (χ1v) is 12.7. The van der Waals surface area contributed by atoms with Crippen molar-refractivity contribution in [1.29, 1.82) is 0 Å². The fraction of sp³-hybridized carbons (Fsp3) is 0.357. The molecule has 1 aromatic heterocycles. The van der Waals surface area contributed by atoms with Crippen molar-refractivity contribution in [3.8, 4) is 11.5 Å². The van der Waals surface area contributed by atoms with Gasteiger partial charge in [-0.3, -0.25) is 19.5 Å². The normalized spacial score (nSPS) is 21.0. The number of ether oxygens (including phenoxy) is 2. The van der Waals surface area contributed by atoms with Crippen LogP contribution < -0.4 is 10.1 Å². The predicted octanol–water partition coefficient (Wildman–Crippen LogP) is 2.52. The summed E-state index contributed by atoms with van der Waals surface area (Å²) in [6.07, 6.45) is 4.08. The molecule has 0 saturated carbocycles. The largest absolute Gasteiger partial charge is 0.457 e. The summed E-state index contributed by atoms with van der Waals surface area (Å²) < 4.78 is 12.4. The van der Waals surface area contributed by atoms with Gasteiger partial charge in [-0.15, -0.1) is 0 Å². The average Bonchev–Trinajstić information content (AvgIpc) is 3.45. The van der Waals surface area contributed by atoms with E-state index in [-0.39, 0.29) is 43.3 Å². The number of nitrogens with zero attached hydrogens (tertiary/aromatic N) is 3. The van der Waals surface area contributed by atoms with Crippen molar-refractivity contribution >= 4 is 17.7 Å². The second kappa shape index (κ2) is 11.5. The third-order valence-corrected chi connectivity index (χ3v) is 6.86. The minimum absolute atomic E-state index is 0.0804. The number of amides is 3. The summed E-state index contributed by atoms with van der Waals surface area (Å²) in [4.78, 5) is 41.8. The van der Waals surface area contributed by atoms with Crippen LogP contribution in [-0.2, 0) is 27.4 Å². The quantitative estimate of drug-likeness (QED) is 0.512. The monoisotopic (exact) mass is 517 g/mol. The minimum atomic E-state index is -0.436. The number of benzene rings is 2. The zero-order chi connectivity index (χ0) is 26.5. The maximum atomic E-state index is 13.0. The number of piperidine rings is 1. The Morgan fingerprint density at radius 3 is 2.58 bits per heavy atom. The molecule has 198 valence electrons. The minimum Gasteiger partial charge on any atom is -0.457 e. The van der Waals surface area contributed by atoms with E-state index in [1.165, 1.54) is 11.1 Å². The highest BCUT2D eigenvalue weighted by atomic mass is 16.5. The first-order valence-electron chi connectivity index (χ1n) is 12.7. The maximum Gasteiger partial charge on any atom is 0.257 e. The second-order valence-corrected chi connectivity index (χ2v) is 9.70. The molecule has 0 spiro atoms. The first kappa shape index (κ1) is 25.5. The summed E-state index contributed by atoms with van der Waals surface area (Å²) in [5.74, 6) is 0.789. The zero-order valence-electron chi connectivity index (χ0n) is 21.3. The number of hydrogen-bond donors (Lipinski definition) is 2. The number of hydrogen-bond acceptors (Lipinski definition) is 6. The molecular weight excluding hydrogens is 486 g/mol. The fourth-order valence-corrected chi connectivity index (χ4v) is 4.80. The molecule has 0 aliphatic carbocycles. The number of aromatic amines is 1. The highest BCUT2D eigenvalue weighted by Crippen LogP contribution is 2.25. The van der Waals surface area contributed by atoms with E-state index >= 15 is 0 Å². The number of aromatic nitrogens is 2. The van der Waals surface area contributed by atoms with Gasteiger partial charge in [-0.1, -0.05) is 24.3 Å². The van der Waals surface area contributed by atoms with E-state index in [1.807, 2.05) is 48.5 Å². The standard InChI is InChI=1S/C28H31N5O5/c1-32-17-26(34)31-24-16-33(28(36)21-14-29-30-15-21)11-10-25(24)37-18-20-5-3-7-23(13-20)38-22-6-2-4-19(12-22)8-9-27(32)35/h2-7,12-15,24-25H,8-11,16-18H2,1H3,(H,29,30)(H,31,34)/t24-,25+/m0/s1. The summed E-state index contributed by atoms with van der Waals surface area (Å²) in [6.45, 7) is 1.01. The smallest absolute Gasteiger partial charge is 0.257 e. The Balaban J connectivity index is 1.37. The van der Waals surface area contributed by atoms with E-state index in [4.69, 9.17) is 9.47 Å². The molecule has 1 fully saturated rings. The average molecular weight is 518 g/mol. The van der Waals surface area contributed by atoms with Crippen molar-refractivity contribution in [2.75, 3.05) is 26.7 Å². The Kier molecular flexibility index (Phi) is 7.69. The molecule has 3 heterocycles. The van der Waals surface area contributed by atoms with Crippen LogP contribution in [0, 0.1) is 0 Å². The van der Waals surface area contributed by atoms with Crippen LogP contribution in [0.25, 0.3) is 0 Å². The number of nitrogens with one attached hydrogen (secondary N) is 2. The molecule has 2 aromatic carbocycles. The molecule has 0 radical (unpaired) electrons. The summed E-state index contributed by atoms with van der Waals surface area (Å²) >= 11 is 0. The highest BCUT2D eigenvalue weighted by molar-refractivity contribution is 5.94. The lowest BCUT2D eigenvalue weighted by Gasteiger charge is -2.39. The molecule has 4 bridgehead atoms. The number of carbonyl (C=O) groups is 3. The van der Waals surface area contributed by atoms with Gasteiger partial charge in [0.1, 0.15) is 11.5 Å². The Morgan fingerprint density at radius 2 is 1.82 bits per heavy atom. The van der Waals surface area contributed by atoms with Gasteiger partial charge in [-0.2, -0.15) is 5.10 Å². The number of likely N-dealkylation sites (tertiary alicyclic amines) is 1. The number of H-pyrrole nitrogens is 1. The molecule has 0 unspecified atom stereocenters. The summed E-state index contributed by atoms with van der Waals surface area (Å²) in [5.41, 5.74) is 2.37. The van der Waals surface area contributed by atoms with E-state index in [2.05, 4.69) is 15.5 Å². The van der Waals surface area contributed by atoms with Gasteiger partial charge in [0.15, 0.2) is 0 Å². The van der Waals surface area contributed by atoms with Crippen molar-refractivity contribution in [3.05, 3.63) is 77.6 Å². The van der Waals surface area contributed by atoms with Crippen LogP contribution in [0.4, 0.5) is 0 Å². The SMILES string of the molecule is CN1CC(=O)N[C@H]2CN(C(=O)c3cn[nH]c3)CC[C@H]2OCc2cccc(c2)Oc2cccc(c2)CCC1=O. The number of rotatable bonds is 1. The van der Waals surface area contributed by atoms with Crippen LogP contribution in [0.5, 0.6) is 11.5 Å². The third kappa shape index (κ3) is 6.20. The van der Waals surface area contributed by atoms with E-state index in [0.717, 1.165) is 11.1 Å². The fourth-order valence-electron chi connectivity index (χ4n) is 4.80. The third-order valence-electron chi connectivity index (χ3n) is 6.86. The molecule has 3 aromatic rings. The Labute approximate surface area is 220 Å². The number of carbonyl (C=O) groups excluding carboxylic acids is 3. The summed E-state index contributed by atoms with van der Waals surface area (Å²) in [6, 6.07) is 14.9. The Morgan fingerprint density at radius 1 is 1.05 bits per heavy atom. The molecule has 2 atom stereocenters. The van der Waals surface area contributed by atoms with Crippen LogP contribution in [0.3, 0.4) is 0 Å². The van der Waals surface area contributed by atoms with Crippen LogP contribution in [-0.4, -0.2) is 76.5 Å². The van der Waals surface area contributed by atoms with Gasteiger partial charge < -0.3 is 24.6 Å². The van der Waals surface area contributed by atoms with Gasteiger partial charge in [0.25, 0.3) is 5.91 Å². The topological polar surface area (TPSA) is 117 Å². The van der Waals surface area contributed by atoms with Crippen LogP contribution in [0.2, 0.25) is 0 Å². The molecule has 38 heavy (non-hydrogen) atoms. The molecular formula is C28H31N5O5. The Bertz CT molecular complexity index is 1290. The predicted molar refractivity (Wildman–Crippen MR) is 139 cm³/mol. The van der Waals surface area contributed by atoms with Gasteiger partial charge in [-0.25, -0.2) is 0 Å². The lowest BCUT2D eigenvalue weighted by atomic mass is 10.0. The van der Waals surface area contributed by atoms with E-state index < -0.39 is 6.04 Å². The van der Waals surface area contributed by atoms with Gasteiger partial charge in [0, 0.05) is 32.8 Å². The molecule has 2 aliphatic heterocycles. The second-order valence-electron chi connectivity index (χ2n) is 9.70. The maximum absolute atomic E-state index is 13.0. The van der Waals surface area contributed by atoms with Crippen molar-refractivity contribution < 1.29 is 23.9 Å². The summed E-state index contributed by atoms with van der Waals surface area (Å²) in [5, 5.41) is 9.54. The first-order chi connectivity index (χ1) is 18.4. The lowest BCUT2D eigenvalue weighted by molar-refractivity contribution is -0.135. The van der Waals surface area contributed by atoms with Crippen LogP contribution in [0.15, 0.2) is 60.9 Å². The Hall–Kier alpha value is -4.18. The van der Waals surface area contributed by atoms with Crippen LogP contribution >= 0.6 is 0 Å². The molecule has 10 heteroatoms. The summed E-state index contributed by atoms with van der Waals surface area (Å²) in [7, 11) is 1.62. The lowest BCUT2D eigenvalue weighted by Crippen LogP contribution is -2.58. The van der Waals surface area contributed by atoms with Crippen molar-refractivity contribution in [2.24, 2.45) is 0 Å². The van der Waals surface area contributed by atoms with E-state index in [1.54, 1.807) is 18.1 Å². The molecule has 1 saturated heterocycles.